The highest BCUT2D eigenvalue weighted by molar-refractivity contribution is 7.88. The highest BCUT2D eigenvalue weighted by Crippen LogP contribution is 2.24. The van der Waals surface area contributed by atoms with E-state index in [9.17, 15) is 13.2 Å². The Morgan fingerprint density at radius 3 is 2.19 bits per heavy atom. The normalized spacial score (nSPS) is 16.0. The smallest absolute Gasteiger partial charge is 0.251 e. The van der Waals surface area contributed by atoms with E-state index in [2.05, 4.69) is 19.2 Å². The van der Waals surface area contributed by atoms with Gasteiger partial charge in [0.25, 0.3) is 5.91 Å². The maximum absolute atomic E-state index is 12.9. The lowest BCUT2D eigenvalue weighted by Gasteiger charge is -2.25. The monoisotopic (exact) mass is 458 g/mol. The fourth-order valence-corrected chi connectivity index (χ4v) is 5.64. The largest absolute Gasteiger partial charge is 0.497 e. The molecule has 1 amide bonds. The van der Waals surface area contributed by atoms with Crippen molar-refractivity contribution < 1.29 is 17.9 Å². The minimum absolute atomic E-state index is 0.0310. The van der Waals surface area contributed by atoms with Gasteiger partial charge in [0.2, 0.25) is 10.0 Å². The molecule has 3 rings (SSSR count). The van der Waals surface area contributed by atoms with E-state index in [1.807, 2.05) is 24.3 Å². The van der Waals surface area contributed by atoms with Crippen LogP contribution in [0.4, 0.5) is 0 Å². The van der Waals surface area contributed by atoms with Gasteiger partial charge in [-0.25, -0.2) is 12.7 Å². The van der Waals surface area contributed by atoms with Gasteiger partial charge in [0, 0.05) is 18.7 Å². The molecule has 1 fully saturated rings. The second kappa shape index (κ2) is 11.0. The van der Waals surface area contributed by atoms with Crippen LogP contribution in [0.15, 0.2) is 48.5 Å². The first-order valence-corrected chi connectivity index (χ1v) is 12.9. The predicted molar refractivity (Wildman–Crippen MR) is 127 cm³/mol. The molecule has 174 valence electrons. The quantitative estimate of drug-likeness (QED) is 0.599. The van der Waals surface area contributed by atoms with Crippen LogP contribution in [0, 0.1) is 5.92 Å². The van der Waals surface area contributed by atoms with E-state index in [0.29, 0.717) is 30.1 Å². The number of sulfonamides is 1. The summed E-state index contributed by atoms with van der Waals surface area (Å²) < 4.78 is 32.1. The SMILES string of the molecule is COc1ccc([C@@H](CC(C)C)NC(=O)c2ccc(CS(=O)(=O)N3CCCCC3)cc2)cc1. The summed E-state index contributed by atoms with van der Waals surface area (Å²) in [5.41, 5.74) is 2.24. The molecule has 6 nitrogen and oxygen atoms in total. The number of carbonyl (C=O) groups is 1. The van der Waals surface area contributed by atoms with Crippen LogP contribution in [0.2, 0.25) is 0 Å². The van der Waals surface area contributed by atoms with Crippen LogP contribution >= 0.6 is 0 Å². The van der Waals surface area contributed by atoms with E-state index >= 15 is 0 Å². The van der Waals surface area contributed by atoms with Gasteiger partial charge in [0.15, 0.2) is 0 Å². The summed E-state index contributed by atoms with van der Waals surface area (Å²) in [5.74, 6) is 0.983. The zero-order valence-corrected chi connectivity index (χ0v) is 20.0. The summed E-state index contributed by atoms with van der Waals surface area (Å²) in [7, 11) is -1.69. The van der Waals surface area contributed by atoms with Crippen molar-refractivity contribution in [2.75, 3.05) is 20.2 Å². The number of hydrogen-bond acceptors (Lipinski definition) is 4. The molecular formula is C25H34N2O4S. The fraction of sp³-hybridized carbons (Fsp3) is 0.480. The van der Waals surface area contributed by atoms with E-state index < -0.39 is 10.0 Å². The number of piperidine rings is 1. The summed E-state index contributed by atoms with van der Waals surface area (Å²) in [6.07, 6.45) is 3.74. The summed E-state index contributed by atoms with van der Waals surface area (Å²) in [4.78, 5) is 12.9. The topological polar surface area (TPSA) is 75.7 Å². The maximum Gasteiger partial charge on any atom is 0.251 e. The number of nitrogens with zero attached hydrogens (tertiary/aromatic N) is 1. The van der Waals surface area contributed by atoms with Crippen molar-refractivity contribution in [2.24, 2.45) is 5.92 Å². The summed E-state index contributed by atoms with van der Waals surface area (Å²) in [6.45, 7) is 5.46. The molecule has 0 aliphatic carbocycles. The summed E-state index contributed by atoms with van der Waals surface area (Å²) in [5, 5.41) is 3.13. The van der Waals surface area contributed by atoms with Crippen molar-refractivity contribution in [1.82, 2.24) is 9.62 Å². The standard InChI is InChI=1S/C25H34N2O4S/c1-19(2)17-24(21-11-13-23(31-3)14-12-21)26-25(28)22-9-7-20(8-10-22)18-32(29,30)27-15-5-4-6-16-27/h7-14,19,24H,4-6,15-18H2,1-3H3,(H,26,28)/t24-/m1/s1. The number of rotatable bonds is 9. The van der Waals surface area contributed by atoms with Crippen LogP contribution < -0.4 is 10.1 Å². The number of carbonyl (C=O) groups excluding carboxylic acids is 1. The average Bonchev–Trinajstić information content (AvgIpc) is 2.79. The van der Waals surface area contributed by atoms with Crippen LogP contribution in [0.5, 0.6) is 5.75 Å². The Bertz CT molecular complexity index is 980. The molecule has 1 aliphatic rings. The van der Waals surface area contributed by atoms with Crippen LogP contribution in [0.3, 0.4) is 0 Å². The Morgan fingerprint density at radius 2 is 1.62 bits per heavy atom. The third-order valence-electron chi connectivity index (χ3n) is 5.80. The first-order chi connectivity index (χ1) is 15.3. The second-order valence-electron chi connectivity index (χ2n) is 8.84. The molecule has 1 N–H and O–H groups in total. The number of benzene rings is 2. The lowest BCUT2D eigenvalue weighted by molar-refractivity contribution is 0.0932. The first-order valence-electron chi connectivity index (χ1n) is 11.3. The fourth-order valence-electron chi connectivity index (χ4n) is 4.02. The highest BCUT2D eigenvalue weighted by Gasteiger charge is 2.24. The molecule has 0 aromatic heterocycles. The Morgan fingerprint density at radius 1 is 1.00 bits per heavy atom. The molecule has 2 aromatic rings. The van der Waals surface area contributed by atoms with Gasteiger partial charge in [0.1, 0.15) is 5.75 Å². The van der Waals surface area contributed by atoms with Crippen molar-refractivity contribution in [3.63, 3.8) is 0 Å². The second-order valence-corrected chi connectivity index (χ2v) is 10.8. The Balaban J connectivity index is 1.67. The number of hydrogen-bond donors (Lipinski definition) is 1. The van der Waals surface area contributed by atoms with Crippen LogP contribution in [0.1, 0.15) is 67.1 Å². The van der Waals surface area contributed by atoms with Gasteiger partial charge >= 0.3 is 0 Å². The van der Waals surface area contributed by atoms with E-state index in [-0.39, 0.29) is 17.7 Å². The van der Waals surface area contributed by atoms with Crippen LogP contribution in [0.25, 0.3) is 0 Å². The molecule has 1 aliphatic heterocycles. The van der Waals surface area contributed by atoms with Crippen LogP contribution in [-0.2, 0) is 15.8 Å². The lowest BCUT2D eigenvalue weighted by atomic mass is 9.96. The molecule has 0 spiro atoms. The van der Waals surface area contributed by atoms with E-state index in [1.165, 1.54) is 0 Å². The molecule has 0 bridgehead atoms. The number of amides is 1. The van der Waals surface area contributed by atoms with E-state index in [0.717, 1.165) is 37.0 Å². The van der Waals surface area contributed by atoms with Gasteiger partial charge in [-0.05, 0) is 60.6 Å². The number of methoxy groups -OCH3 is 1. The van der Waals surface area contributed by atoms with E-state index in [4.69, 9.17) is 4.74 Å². The number of ether oxygens (including phenoxy) is 1. The molecule has 2 aromatic carbocycles. The van der Waals surface area contributed by atoms with Gasteiger partial charge < -0.3 is 10.1 Å². The zero-order valence-electron chi connectivity index (χ0n) is 19.2. The molecule has 1 saturated heterocycles. The predicted octanol–water partition coefficient (Wildman–Crippen LogP) is 4.53. The van der Waals surface area contributed by atoms with Crippen molar-refractivity contribution in [1.29, 1.82) is 0 Å². The summed E-state index contributed by atoms with van der Waals surface area (Å²) in [6, 6.07) is 14.5. The van der Waals surface area contributed by atoms with Crippen molar-refractivity contribution >= 4 is 15.9 Å². The molecule has 0 saturated carbocycles. The minimum Gasteiger partial charge on any atom is -0.497 e. The number of nitrogens with one attached hydrogen (secondary N) is 1. The molecule has 7 heteroatoms. The lowest BCUT2D eigenvalue weighted by Crippen LogP contribution is -2.36. The van der Waals surface area contributed by atoms with Gasteiger partial charge in [0.05, 0.1) is 18.9 Å². The van der Waals surface area contributed by atoms with Gasteiger partial charge in [-0.2, -0.15) is 0 Å². The van der Waals surface area contributed by atoms with Crippen molar-refractivity contribution in [3.8, 4) is 5.75 Å². The molecular weight excluding hydrogens is 424 g/mol. The van der Waals surface area contributed by atoms with Crippen molar-refractivity contribution in [3.05, 3.63) is 65.2 Å². The third-order valence-corrected chi connectivity index (χ3v) is 7.65. The molecule has 0 radical (unpaired) electrons. The van der Waals surface area contributed by atoms with Gasteiger partial charge in [-0.1, -0.05) is 44.5 Å². The van der Waals surface area contributed by atoms with Crippen molar-refractivity contribution in [2.45, 2.75) is 51.3 Å². The zero-order chi connectivity index (χ0) is 23.1. The third kappa shape index (κ3) is 6.56. The first kappa shape index (κ1) is 24.3. The molecule has 1 heterocycles. The highest BCUT2D eigenvalue weighted by atomic mass is 32.2. The maximum atomic E-state index is 12.9. The Kier molecular flexibility index (Phi) is 8.32. The Labute approximate surface area is 192 Å². The molecule has 1 atom stereocenters. The Hall–Kier alpha value is -2.38. The van der Waals surface area contributed by atoms with E-state index in [1.54, 1.807) is 35.7 Å². The molecule has 0 unspecified atom stereocenters. The van der Waals surface area contributed by atoms with Gasteiger partial charge in [-0.3, -0.25) is 4.79 Å². The minimum atomic E-state index is -3.32. The van der Waals surface area contributed by atoms with Gasteiger partial charge in [-0.15, -0.1) is 0 Å². The van der Waals surface area contributed by atoms with Crippen LogP contribution in [-0.4, -0.2) is 38.8 Å². The average molecular weight is 459 g/mol. The molecule has 32 heavy (non-hydrogen) atoms. The summed E-state index contributed by atoms with van der Waals surface area (Å²) >= 11 is 0.